The van der Waals surface area contributed by atoms with Crippen LogP contribution in [-0.4, -0.2) is 45.5 Å². The molecule has 1 aliphatic rings. The Bertz CT molecular complexity index is 738. The van der Waals surface area contributed by atoms with Crippen LogP contribution in [0.3, 0.4) is 0 Å². The topological polar surface area (TPSA) is 80.9 Å². The number of amides is 2. The molecule has 7 nitrogen and oxygen atoms in total. The number of benzene rings is 2. The second-order valence-electron chi connectivity index (χ2n) is 5.78. The van der Waals surface area contributed by atoms with Crippen molar-refractivity contribution < 1.29 is 19.0 Å². The van der Waals surface area contributed by atoms with Gasteiger partial charge in [-0.25, -0.2) is 4.79 Å². The Morgan fingerprint density at radius 2 is 1.85 bits per heavy atom. The fourth-order valence-corrected chi connectivity index (χ4v) is 2.60. The van der Waals surface area contributed by atoms with Crippen molar-refractivity contribution in [3.05, 3.63) is 48.5 Å². The van der Waals surface area contributed by atoms with E-state index in [-0.39, 0.29) is 24.5 Å². The highest BCUT2D eigenvalue weighted by Gasteiger charge is 2.15. The molecule has 2 aromatic carbocycles. The van der Waals surface area contributed by atoms with Crippen LogP contribution in [0.1, 0.15) is 0 Å². The Balaban J connectivity index is 0.00000261. The normalized spacial score (nSPS) is 16.0. The minimum Gasteiger partial charge on any atom is -0.493 e. The summed E-state index contributed by atoms with van der Waals surface area (Å²) in [6.45, 7) is 2.67. The van der Waals surface area contributed by atoms with Crippen molar-refractivity contribution in [3.8, 4) is 17.2 Å². The van der Waals surface area contributed by atoms with Gasteiger partial charge >= 0.3 is 6.03 Å². The molecule has 0 bridgehead atoms. The number of carbonyl (C=O) groups is 1. The van der Waals surface area contributed by atoms with Crippen LogP contribution in [0.4, 0.5) is 10.5 Å². The van der Waals surface area contributed by atoms with Crippen molar-refractivity contribution in [1.29, 1.82) is 0 Å². The van der Waals surface area contributed by atoms with E-state index in [2.05, 4.69) is 16.0 Å². The Morgan fingerprint density at radius 3 is 2.56 bits per heavy atom. The van der Waals surface area contributed by atoms with Crippen LogP contribution in [-0.2, 0) is 4.74 Å². The van der Waals surface area contributed by atoms with Crippen molar-refractivity contribution in [3.63, 3.8) is 0 Å². The molecule has 27 heavy (non-hydrogen) atoms. The molecule has 2 amide bonds. The fraction of sp³-hybridized carbons (Fsp3) is 0.316. The average molecular weight is 394 g/mol. The lowest BCUT2D eigenvalue weighted by molar-refractivity contribution is 0.0310. The molecule has 0 spiro atoms. The van der Waals surface area contributed by atoms with E-state index in [1.807, 2.05) is 36.4 Å². The maximum Gasteiger partial charge on any atom is 0.319 e. The lowest BCUT2D eigenvalue weighted by atomic mass is 10.2. The number of hydrogen-bond acceptors (Lipinski definition) is 5. The summed E-state index contributed by atoms with van der Waals surface area (Å²) in [6, 6.07) is 14.3. The van der Waals surface area contributed by atoms with E-state index in [4.69, 9.17) is 14.2 Å². The number of halogens is 1. The van der Waals surface area contributed by atoms with Gasteiger partial charge in [-0.15, -0.1) is 12.4 Å². The summed E-state index contributed by atoms with van der Waals surface area (Å²) in [4.78, 5) is 12.2. The second-order valence-corrected chi connectivity index (χ2v) is 5.78. The number of urea groups is 1. The number of anilines is 1. The largest absolute Gasteiger partial charge is 0.493 e. The molecule has 146 valence electrons. The number of ether oxygens (including phenoxy) is 3. The molecule has 1 fully saturated rings. The number of morpholine rings is 1. The maximum absolute atomic E-state index is 12.2. The molecule has 0 saturated carbocycles. The zero-order valence-electron chi connectivity index (χ0n) is 15.1. The lowest BCUT2D eigenvalue weighted by Crippen LogP contribution is -2.46. The molecule has 1 heterocycles. The standard InChI is InChI=1S/C19H23N3O4.ClH/c1-24-17-8-4-5-9-18(17)26-16-7-3-2-6-15(16)22-19(23)21-13-14-12-20-10-11-25-14;/h2-9,14,20H,10-13H2,1H3,(H2,21,22,23);1H. The molecule has 3 rings (SSSR count). The fourth-order valence-electron chi connectivity index (χ4n) is 2.60. The molecule has 1 atom stereocenters. The Morgan fingerprint density at radius 1 is 1.15 bits per heavy atom. The second kappa shape index (κ2) is 10.6. The summed E-state index contributed by atoms with van der Waals surface area (Å²) in [7, 11) is 1.59. The first-order valence-corrected chi connectivity index (χ1v) is 8.53. The van der Waals surface area contributed by atoms with Crippen molar-refractivity contribution in [2.45, 2.75) is 6.10 Å². The Kier molecular flexibility index (Phi) is 8.19. The molecule has 1 aliphatic heterocycles. The molecule has 1 saturated heterocycles. The van der Waals surface area contributed by atoms with Crippen molar-refractivity contribution in [2.75, 3.05) is 38.7 Å². The molecular weight excluding hydrogens is 370 g/mol. The number of hydrogen-bond donors (Lipinski definition) is 3. The van der Waals surface area contributed by atoms with E-state index in [0.717, 1.165) is 13.1 Å². The van der Waals surface area contributed by atoms with Gasteiger partial charge < -0.3 is 30.2 Å². The summed E-state index contributed by atoms with van der Waals surface area (Å²) in [6.07, 6.45) is -0.0189. The average Bonchev–Trinajstić information content (AvgIpc) is 2.69. The molecule has 0 aromatic heterocycles. The van der Waals surface area contributed by atoms with Gasteiger partial charge in [0.15, 0.2) is 17.2 Å². The van der Waals surface area contributed by atoms with Crippen molar-refractivity contribution in [1.82, 2.24) is 10.6 Å². The van der Waals surface area contributed by atoms with Gasteiger partial charge in [-0.3, -0.25) is 0 Å². The molecular formula is C19H24ClN3O4. The third-order valence-corrected chi connectivity index (χ3v) is 3.92. The summed E-state index contributed by atoms with van der Waals surface area (Å²) in [5, 5.41) is 8.86. The minimum absolute atomic E-state index is 0. The van der Waals surface area contributed by atoms with Crippen LogP contribution in [0.2, 0.25) is 0 Å². The first-order chi connectivity index (χ1) is 12.8. The first-order valence-electron chi connectivity index (χ1n) is 8.53. The van der Waals surface area contributed by atoms with Crippen molar-refractivity contribution in [2.24, 2.45) is 0 Å². The van der Waals surface area contributed by atoms with E-state index in [1.165, 1.54) is 0 Å². The van der Waals surface area contributed by atoms with Crippen molar-refractivity contribution >= 4 is 24.1 Å². The van der Waals surface area contributed by atoms with Crippen LogP contribution >= 0.6 is 12.4 Å². The van der Waals surface area contributed by atoms with Crippen LogP contribution in [0.25, 0.3) is 0 Å². The highest BCUT2D eigenvalue weighted by Crippen LogP contribution is 2.34. The Labute approximate surface area is 164 Å². The third kappa shape index (κ3) is 6.02. The third-order valence-electron chi connectivity index (χ3n) is 3.92. The molecule has 0 aliphatic carbocycles. The number of rotatable bonds is 6. The monoisotopic (exact) mass is 393 g/mol. The predicted molar refractivity (Wildman–Crippen MR) is 106 cm³/mol. The maximum atomic E-state index is 12.2. The van der Waals surface area contributed by atoms with Crippen LogP contribution in [0, 0.1) is 0 Å². The van der Waals surface area contributed by atoms with Crippen LogP contribution in [0.15, 0.2) is 48.5 Å². The van der Waals surface area contributed by atoms with E-state index in [9.17, 15) is 4.79 Å². The predicted octanol–water partition coefficient (Wildman–Crippen LogP) is 3.02. The number of methoxy groups -OCH3 is 1. The molecule has 3 N–H and O–H groups in total. The van der Waals surface area contributed by atoms with E-state index in [1.54, 1.807) is 19.2 Å². The number of nitrogens with one attached hydrogen (secondary N) is 3. The summed E-state index contributed by atoms with van der Waals surface area (Å²) < 4.78 is 16.8. The van der Waals surface area contributed by atoms with Gasteiger partial charge in [-0.05, 0) is 24.3 Å². The lowest BCUT2D eigenvalue weighted by Gasteiger charge is -2.23. The molecule has 1 unspecified atom stereocenters. The molecule has 2 aromatic rings. The Hall–Kier alpha value is -2.48. The number of para-hydroxylation sites is 4. The van der Waals surface area contributed by atoms with Gasteiger partial charge in [0.2, 0.25) is 0 Å². The summed E-state index contributed by atoms with van der Waals surface area (Å²) in [5.41, 5.74) is 0.568. The molecule has 0 radical (unpaired) electrons. The summed E-state index contributed by atoms with van der Waals surface area (Å²) >= 11 is 0. The van der Waals surface area contributed by atoms with Gasteiger partial charge in [-0.2, -0.15) is 0 Å². The highest BCUT2D eigenvalue weighted by atomic mass is 35.5. The highest BCUT2D eigenvalue weighted by molar-refractivity contribution is 5.91. The van der Waals surface area contributed by atoms with Gasteiger partial charge in [0.25, 0.3) is 0 Å². The van der Waals surface area contributed by atoms with Crippen LogP contribution < -0.4 is 25.4 Å². The zero-order chi connectivity index (χ0) is 18.2. The van der Waals surface area contributed by atoms with E-state index >= 15 is 0 Å². The summed E-state index contributed by atoms with van der Waals surface area (Å²) in [5.74, 6) is 1.72. The zero-order valence-corrected chi connectivity index (χ0v) is 15.9. The first kappa shape index (κ1) is 20.8. The van der Waals surface area contributed by atoms with Gasteiger partial charge in [0, 0.05) is 19.6 Å². The van der Waals surface area contributed by atoms with Gasteiger partial charge in [-0.1, -0.05) is 24.3 Å². The quantitative estimate of drug-likeness (QED) is 0.703. The smallest absolute Gasteiger partial charge is 0.319 e. The van der Waals surface area contributed by atoms with Gasteiger partial charge in [0.05, 0.1) is 25.5 Å². The minimum atomic E-state index is -0.310. The SMILES string of the molecule is COc1ccccc1Oc1ccccc1NC(=O)NCC1CNCCO1.Cl. The number of carbonyl (C=O) groups excluding carboxylic acids is 1. The van der Waals surface area contributed by atoms with Gasteiger partial charge in [0.1, 0.15) is 0 Å². The van der Waals surface area contributed by atoms with Crippen LogP contribution in [0.5, 0.6) is 17.2 Å². The molecule has 8 heteroatoms. The van der Waals surface area contributed by atoms with E-state index in [0.29, 0.717) is 36.1 Å². The van der Waals surface area contributed by atoms with E-state index < -0.39 is 0 Å².